The molecule has 0 aromatic carbocycles. The number of aromatic nitrogens is 1. The van der Waals surface area contributed by atoms with E-state index < -0.39 is 17.9 Å². The number of halogens is 1. The maximum absolute atomic E-state index is 12.7. The van der Waals surface area contributed by atoms with E-state index in [2.05, 4.69) is 0 Å². The van der Waals surface area contributed by atoms with E-state index in [9.17, 15) is 14.7 Å². The van der Waals surface area contributed by atoms with Crippen LogP contribution >= 0.6 is 11.6 Å². The molecule has 1 amide bonds. The highest BCUT2D eigenvalue weighted by Gasteiger charge is 2.40. The summed E-state index contributed by atoms with van der Waals surface area (Å²) in [5, 5.41) is 9.75. The first-order valence-electron chi connectivity index (χ1n) is 6.89. The highest BCUT2D eigenvalue weighted by atomic mass is 35.5. The van der Waals surface area contributed by atoms with Crippen molar-refractivity contribution in [1.82, 2.24) is 9.47 Å². The van der Waals surface area contributed by atoms with Crippen LogP contribution in [0.25, 0.3) is 0 Å². The molecule has 1 aromatic rings. The molecule has 1 fully saturated rings. The van der Waals surface area contributed by atoms with Gasteiger partial charge in [0, 0.05) is 19.8 Å². The van der Waals surface area contributed by atoms with Crippen molar-refractivity contribution in [3.8, 4) is 0 Å². The van der Waals surface area contributed by atoms with Crippen molar-refractivity contribution in [2.24, 2.45) is 13.0 Å². The van der Waals surface area contributed by atoms with E-state index in [0.29, 0.717) is 17.3 Å². The lowest BCUT2D eigenvalue weighted by Crippen LogP contribution is -2.47. The number of rotatable bonds is 5. The van der Waals surface area contributed by atoms with Crippen LogP contribution < -0.4 is 0 Å². The minimum atomic E-state index is -0.934. The molecule has 2 atom stereocenters. The summed E-state index contributed by atoms with van der Waals surface area (Å²) in [5.74, 6) is -1.83. The molecule has 2 rings (SSSR count). The molecular formula is C14H19ClN2O4. The molecule has 2 unspecified atom stereocenters. The number of nitrogens with zero attached hydrogens (tertiary/aromatic N) is 2. The Balaban J connectivity index is 2.28. The smallest absolute Gasteiger partial charge is 0.311 e. The van der Waals surface area contributed by atoms with E-state index in [4.69, 9.17) is 16.3 Å². The SMILES string of the molecule is CCCN(C(=O)c1cc(Cl)cn1C)C1COCC1C(=O)O. The van der Waals surface area contributed by atoms with Gasteiger partial charge in [0.2, 0.25) is 0 Å². The molecule has 1 aliphatic rings. The number of hydrogen-bond donors (Lipinski definition) is 1. The number of amides is 1. The number of hydrogen-bond acceptors (Lipinski definition) is 3. The maximum atomic E-state index is 12.7. The Morgan fingerprint density at radius 2 is 2.24 bits per heavy atom. The van der Waals surface area contributed by atoms with E-state index in [1.807, 2.05) is 6.92 Å². The van der Waals surface area contributed by atoms with Gasteiger partial charge in [-0.1, -0.05) is 18.5 Å². The molecule has 2 heterocycles. The van der Waals surface area contributed by atoms with E-state index in [1.165, 1.54) is 0 Å². The molecule has 21 heavy (non-hydrogen) atoms. The fraction of sp³-hybridized carbons (Fsp3) is 0.571. The van der Waals surface area contributed by atoms with E-state index in [1.54, 1.807) is 28.8 Å². The molecule has 1 N–H and O–H groups in total. The van der Waals surface area contributed by atoms with Crippen LogP contribution in [0.2, 0.25) is 5.02 Å². The van der Waals surface area contributed by atoms with Crippen molar-refractivity contribution in [3.05, 3.63) is 23.0 Å². The molecule has 1 aromatic heterocycles. The Morgan fingerprint density at radius 3 is 2.76 bits per heavy atom. The third-order valence-electron chi connectivity index (χ3n) is 3.68. The predicted octanol–water partition coefficient (Wildman–Crippen LogP) is 1.63. The standard InChI is InChI=1S/C14H19ClN2O4/c1-3-4-17(12-8-21-7-10(12)14(19)20)13(18)11-5-9(15)6-16(11)2/h5-6,10,12H,3-4,7-8H2,1-2H3,(H,19,20). The van der Waals surface area contributed by atoms with Gasteiger partial charge in [-0.2, -0.15) is 0 Å². The summed E-state index contributed by atoms with van der Waals surface area (Å²) in [6.07, 6.45) is 2.39. The monoisotopic (exact) mass is 314 g/mol. The second-order valence-corrected chi connectivity index (χ2v) is 5.64. The van der Waals surface area contributed by atoms with Crippen molar-refractivity contribution in [2.45, 2.75) is 19.4 Å². The summed E-state index contributed by atoms with van der Waals surface area (Å²) in [5.41, 5.74) is 0.449. The Hall–Kier alpha value is -1.53. The molecule has 1 aliphatic heterocycles. The summed E-state index contributed by atoms with van der Waals surface area (Å²) in [7, 11) is 1.74. The quantitative estimate of drug-likeness (QED) is 0.896. The van der Waals surface area contributed by atoms with Crippen molar-refractivity contribution in [2.75, 3.05) is 19.8 Å². The average Bonchev–Trinajstić information content (AvgIpc) is 3.01. The summed E-state index contributed by atoms with van der Waals surface area (Å²) >= 11 is 5.92. The van der Waals surface area contributed by atoms with Gasteiger partial charge >= 0.3 is 5.97 Å². The number of carbonyl (C=O) groups excluding carboxylic acids is 1. The molecule has 0 saturated carbocycles. The number of carboxylic acids is 1. The largest absolute Gasteiger partial charge is 0.481 e. The average molecular weight is 315 g/mol. The first kappa shape index (κ1) is 15.9. The molecule has 0 spiro atoms. The number of aliphatic carboxylic acids is 1. The van der Waals surface area contributed by atoms with Crippen molar-refractivity contribution < 1.29 is 19.4 Å². The van der Waals surface area contributed by atoms with Gasteiger partial charge in [0.05, 0.1) is 24.3 Å². The van der Waals surface area contributed by atoms with Gasteiger partial charge in [0.25, 0.3) is 5.91 Å². The predicted molar refractivity (Wildman–Crippen MR) is 77.5 cm³/mol. The zero-order chi connectivity index (χ0) is 15.6. The molecule has 116 valence electrons. The second-order valence-electron chi connectivity index (χ2n) is 5.20. The fourth-order valence-electron chi connectivity index (χ4n) is 2.63. The van der Waals surface area contributed by atoms with Crippen LogP contribution in [0.15, 0.2) is 12.3 Å². The third-order valence-corrected chi connectivity index (χ3v) is 3.89. The van der Waals surface area contributed by atoms with Gasteiger partial charge in [0.1, 0.15) is 11.6 Å². The van der Waals surface area contributed by atoms with Crippen LogP contribution in [-0.4, -0.2) is 52.3 Å². The van der Waals surface area contributed by atoms with Gasteiger partial charge in [-0.25, -0.2) is 0 Å². The molecule has 6 nitrogen and oxygen atoms in total. The fourth-order valence-corrected chi connectivity index (χ4v) is 2.88. The summed E-state index contributed by atoms with van der Waals surface area (Å²) < 4.78 is 6.92. The van der Waals surface area contributed by atoms with E-state index in [-0.39, 0.29) is 19.1 Å². The van der Waals surface area contributed by atoms with Crippen LogP contribution in [0.3, 0.4) is 0 Å². The van der Waals surface area contributed by atoms with Crippen LogP contribution in [0.5, 0.6) is 0 Å². The highest BCUT2D eigenvalue weighted by Crippen LogP contribution is 2.23. The maximum Gasteiger partial charge on any atom is 0.311 e. The first-order valence-corrected chi connectivity index (χ1v) is 7.26. The lowest BCUT2D eigenvalue weighted by molar-refractivity contribution is -0.142. The van der Waals surface area contributed by atoms with Gasteiger partial charge < -0.3 is 19.3 Å². The molecule has 0 bridgehead atoms. The van der Waals surface area contributed by atoms with Crippen LogP contribution in [0.1, 0.15) is 23.8 Å². The zero-order valence-electron chi connectivity index (χ0n) is 12.1. The Labute approximate surface area is 128 Å². The summed E-state index contributed by atoms with van der Waals surface area (Å²) in [6.45, 7) is 2.82. The van der Waals surface area contributed by atoms with Crippen molar-refractivity contribution in [1.29, 1.82) is 0 Å². The molecule has 7 heteroatoms. The zero-order valence-corrected chi connectivity index (χ0v) is 12.8. The normalized spacial score (nSPS) is 21.5. The number of carbonyl (C=O) groups is 2. The minimum absolute atomic E-state index is 0.140. The van der Waals surface area contributed by atoms with Crippen molar-refractivity contribution in [3.63, 3.8) is 0 Å². The van der Waals surface area contributed by atoms with Gasteiger partial charge in [-0.05, 0) is 12.5 Å². The van der Waals surface area contributed by atoms with Gasteiger partial charge in [-0.15, -0.1) is 0 Å². The number of ether oxygens (including phenoxy) is 1. The summed E-state index contributed by atoms with van der Waals surface area (Å²) in [6, 6.07) is 1.15. The van der Waals surface area contributed by atoms with Crippen LogP contribution in [0, 0.1) is 5.92 Å². The lowest BCUT2D eigenvalue weighted by atomic mass is 10.0. The molecule has 0 radical (unpaired) electrons. The molecule has 1 saturated heterocycles. The van der Waals surface area contributed by atoms with Crippen molar-refractivity contribution >= 4 is 23.5 Å². The minimum Gasteiger partial charge on any atom is -0.481 e. The van der Waals surface area contributed by atoms with Crippen LogP contribution in [-0.2, 0) is 16.6 Å². The van der Waals surface area contributed by atoms with E-state index in [0.717, 1.165) is 6.42 Å². The summed E-state index contributed by atoms with van der Waals surface area (Å²) in [4.78, 5) is 25.6. The Morgan fingerprint density at radius 1 is 1.52 bits per heavy atom. The molecule has 0 aliphatic carbocycles. The lowest BCUT2D eigenvalue weighted by Gasteiger charge is -2.30. The molecular weight excluding hydrogens is 296 g/mol. The van der Waals surface area contributed by atoms with Gasteiger partial charge in [0.15, 0.2) is 0 Å². The Kier molecular flexibility index (Phi) is 4.90. The first-order chi connectivity index (χ1) is 9.95. The van der Waals surface area contributed by atoms with Crippen LogP contribution in [0.4, 0.5) is 0 Å². The van der Waals surface area contributed by atoms with E-state index >= 15 is 0 Å². The topological polar surface area (TPSA) is 71.8 Å². The highest BCUT2D eigenvalue weighted by molar-refractivity contribution is 6.31. The Bertz CT molecular complexity index is 543. The number of aryl methyl sites for hydroxylation is 1. The second kappa shape index (κ2) is 6.49. The van der Waals surface area contributed by atoms with Gasteiger partial charge in [-0.3, -0.25) is 9.59 Å². The number of carboxylic acid groups (broad SMARTS) is 1. The third kappa shape index (κ3) is 3.22.